The molecule has 0 saturated carbocycles. The number of carbonyl (C=O) groups is 1. The number of hydrogen-bond acceptors (Lipinski definition) is 5. The molecule has 0 fully saturated rings. The maximum absolute atomic E-state index is 13.7. The summed E-state index contributed by atoms with van der Waals surface area (Å²) in [5, 5.41) is 4.03. The van der Waals surface area contributed by atoms with E-state index in [2.05, 4.69) is 21.2 Å². The number of pyridine rings is 1. The number of benzene rings is 3. The van der Waals surface area contributed by atoms with Crippen molar-refractivity contribution in [3.8, 4) is 22.6 Å². The minimum Gasteiger partial charge on any atom is -0.454 e. The second-order valence-corrected chi connectivity index (χ2v) is 8.39. The van der Waals surface area contributed by atoms with Gasteiger partial charge >= 0.3 is 6.09 Å². The van der Waals surface area contributed by atoms with Crippen molar-refractivity contribution in [2.24, 2.45) is 0 Å². The van der Waals surface area contributed by atoms with E-state index in [1.165, 1.54) is 7.11 Å². The monoisotopic (exact) mass is 506 g/mol. The molecule has 4 aromatic rings. The second-order valence-electron chi connectivity index (χ2n) is 7.48. The van der Waals surface area contributed by atoms with E-state index in [-0.39, 0.29) is 18.9 Å². The van der Waals surface area contributed by atoms with Crippen molar-refractivity contribution in [3.05, 3.63) is 87.1 Å². The van der Waals surface area contributed by atoms with Crippen molar-refractivity contribution < 1.29 is 19.0 Å². The average molecular weight is 507 g/mol. The lowest BCUT2D eigenvalue weighted by molar-refractivity contribution is 0.174. The summed E-state index contributed by atoms with van der Waals surface area (Å²) in [5.74, 6) is 1.63. The molecule has 1 amide bonds. The van der Waals surface area contributed by atoms with Crippen LogP contribution in [0.2, 0.25) is 0 Å². The van der Waals surface area contributed by atoms with Crippen LogP contribution >= 0.6 is 15.9 Å². The van der Waals surface area contributed by atoms with Crippen LogP contribution in [-0.2, 0) is 11.3 Å². The molecule has 0 unspecified atom stereocenters. The minimum absolute atomic E-state index is 0.164. The number of ether oxygens (including phenoxy) is 3. The molecule has 0 spiro atoms. The Kier molecular flexibility index (Phi) is 5.51. The molecule has 1 aliphatic rings. The number of carbonyl (C=O) groups excluding carboxylic acids is 1. The van der Waals surface area contributed by atoms with Gasteiger partial charge in [-0.2, -0.15) is 0 Å². The van der Waals surface area contributed by atoms with Gasteiger partial charge in [-0.1, -0.05) is 52.3 Å². The van der Waals surface area contributed by atoms with Gasteiger partial charge in [-0.25, -0.2) is 4.79 Å². The second kappa shape index (κ2) is 8.63. The Labute approximate surface area is 197 Å². The van der Waals surface area contributed by atoms with Crippen LogP contribution in [0.25, 0.3) is 21.9 Å². The number of amides is 1. The summed E-state index contributed by atoms with van der Waals surface area (Å²) in [6.45, 7) is 0.373. The molecule has 0 bridgehead atoms. The van der Waals surface area contributed by atoms with Crippen molar-refractivity contribution in [1.82, 2.24) is 4.57 Å². The van der Waals surface area contributed by atoms with Crippen LogP contribution in [-0.4, -0.2) is 24.6 Å². The Balaban J connectivity index is 1.79. The van der Waals surface area contributed by atoms with Crippen LogP contribution in [0.1, 0.15) is 5.56 Å². The third-order valence-corrected chi connectivity index (χ3v) is 5.97. The number of aromatic nitrogens is 1. The van der Waals surface area contributed by atoms with Crippen LogP contribution in [0.3, 0.4) is 0 Å². The highest BCUT2D eigenvalue weighted by Gasteiger charge is 2.21. The molecule has 1 aromatic heterocycles. The lowest BCUT2D eigenvalue weighted by Crippen LogP contribution is -2.27. The number of rotatable bonds is 4. The van der Waals surface area contributed by atoms with E-state index < -0.39 is 6.09 Å². The Morgan fingerprint density at radius 3 is 2.61 bits per heavy atom. The third kappa shape index (κ3) is 3.93. The molecule has 3 aromatic carbocycles. The molecular formula is C25H19BrN2O5. The number of fused-ring (bicyclic) bond motifs is 2. The van der Waals surface area contributed by atoms with E-state index in [9.17, 15) is 9.59 Å². The van der Waals surface area contributed by atoms with Crippen LogP contribution < -0.4 is 20.3 Å². The molecule has 33 heavy (non-hydrogen) atoms. The van der Waals surface area contributed by atoms with E-state index in [1.54, 1.807) is 10.6 Å². The van der Waals surface area contributed by atoms with Crippen LogP contribution in [0, 0.1) is 0 Å². The Hall–Kier alpha value is -3.78. The van der Waals surface area contributed by atoms with Crippen molar-refractivity contribution in [3.63, 3.8) is 0 Å². The topological polar surface area (TPSA) is 78.8 Å². The van der Waals surface area contributed by atoms with Gasteiger partial charge in [0.15, 0.2) is 11.5 Å². The van der Waals surface area contributed by atoms with Crippen LogP contribution in [0.4, 0.5) is 10.6 Å². The first kappa shape index (κ1) is 21.1. The summed E-state index contributed by atoms with van der Waals surface area (Å²) in [4.78, 5) is 26.0. The third-order valence-electron chi connectivity index (χ3n) is 5.48. The maximum Gasteiger partial charge on any atom is 0.412 e. The van der Waals surface area contributed by atoms with Gasteiger partial charge in [-0.15, -0.1) is 0 Å². The predicted octanol–water partition coefficient (Wildman–Crippen LogP) is 5.39. The fourth-order valence-electron chi connectivity index (χ4n) is 3.97. The highest BCUT2D eigenvalue weighted by Crippen LogP contribution is 2.37. The van der Waals surface area contributed by atoms with E-state index in [4.69, 9.17) is 14.2 Å². The zero-order valence-corrected chi connectivity index (χ0v) is 19.2. The summed E-state index contributed by atoms with van der Waals surface area (Å²) in [7, 11) is 1.29. The molecular weight excluding hydrogens is 488 g/mol. The van der Waals surface area contributed by atoms with Crippen molar-refractivity contribution in [2.75, 3.05) is 19.2 Å². The summed E-state index contributed by atoms with van der Waals surface area (Å²) in [6.07, 6.45) is -0.666. The zero-order chi connectivity index (χ0) is 22.9. The first-order chi connectivity index (χ1) is 16.0. The maximum atomic E-state index is 13.7. The van der Waals surface area contributed by atoms with E-state index in [1.807, 2.05) is 60.7 Å². The fourth-order valence-corrected chi connectivity index (χ4v) is 4.33. The summed E-state index contributed by atoms with van der Waals surface area (Å²) in [6, 6.07) is 20.6. The van der Waals surface area contributed by atoms with Crippen LogP contribution in [0.15, 0.2) is 76.0 Å². The molecule has 7 nitrogen and oxygen atoms in total. The Morgan fingerprint density at radius 2 is 1.82 bits per heavy atom. The number of methoxy groups -OCH3 is 1. The molecule has 1 aliphatic heterocycles. The lowest BCUT2D eigenvalue weighted by Gasteiger charge is -2.20. The molecule has 1 N–H and O–H groups in total. The van der Waals surface area contributed by atoms with Gasteiger partial charge in [0.1, 0.15) is 5.82 Å². The summed E-state index contributed by atoms with van der Waals surface area (Å²) in [5.41, 5.74) is 2.16. The molecule has 8 heteroatoms. The largest absolute Gasteiger partial charge is 0.454 e. The summed E-state index contributed by atoms with van der Waals surface area (Å²) >= 11 is 3.51. The molecule has 166 valence electrons. The number of nitrogens with zero attached hydrogens (tertiary/aromatic N) is 1. The highest BCUT2D eigenvalue weighted by molar-refractivity contribution is 9.10. The van der Waals surface area contributed by atoms with Gasteiger partial charge < -0.3 is 14.2 Å². The number of hydrogen-bond donors (Lipinski definition) is 1. The first-order valence-corrected chi connectivity index (χ1v) is 11.0. The zero-order valence-electron chi connectivity index (χ0n) is 17.6. The standard InChI is InChI=1S/C25H19BrN2O5/c1-31-25(30)27-23-22(16-5-3-2-4-6-16)19-12-17(26)8-9-18(19)24(29)28(23)13-15-7-10-20-21(11-15)33-14-32-20/h2-12H,13-14H2,1H3,(H,27,30). The van der Waals surface area contributed by atoms with Gasteiger partial charge in [0.2, 0.25) is 6.79 Å². The SMILES string of the molecule is COC(=O)Nc1c(-c2ccccc2)c2cc(Br)ccc2c(=O)n1Cc1ccc2c(c1)OCO2. The molecule has 0 aliphatic carbocycles. The molecule has 0 radical (unpaired) electrons. The van der Waals surface area contributed by atoms with Gasteiger partial charge in [0.25, 0.3) is 5.56 Å². The van der Waals surface area contributed by atoms with E-state index in [0.717, 1.165) is 21.2 Å². The smallest absolute Gasteiger partial charge is 0.412 e. The number of anilines is 1. The normalized spacial score (nSPS) is 12.1. The van der Waals surface area contributed by atoms with Gasteiger partial charge in [-0.05, 0) is 46.8 Å². The molecule has 5 rings (SSSR count). The van der Waals surface area contributed by atoms with E-state index >= 15 is 0 Å². The number of nitrogens with one attached hydrogen (secondary N) is 1. The molecule has 0 saturated heterocycles. The molecule has 0 atom stereocenters. The van der Waals surface area contributed by atoms with Gasteiger partial charge in [0, 0.05) is 15.4 Å². The van der Waals surface area contributed by atoms with Crippen molar-refractivity contribution in [1.29, 1.82) is 0 Å². The Bertz CT molecular complexity index is 1430. The fraction of sp³-hybridized carbons (Fsp3) is 0.120. The van der Waals surface area contributed by atoms with Gasteiger partial charge in [0.05, 0.1) is 13.7 Å². The predicted molar refractivity (Wildman–Crippen MR) is 129 cm³/mol. The molecule has 2 heterocycles. The van der Waals surface area contributed by atoms with Crippen molar-refractivity contribution >= 4 is 38.6 Å². The summed E-state index contributed by atoms with van der Waals surface area (Å²) < 4.78 is 18.1. The Morgan fingerprint density at radius 1 is 1.03 bits per heavy atom. The first-order valence-electron chi connectivity index (χ1n) is 10.2. The average Bonchev–Trinajstić information content (AvgIpc) is 3.30. The quantitative estimate of drug-likeness (QED) is 0.401. The van der Waals surface area contributed by atoms with Gasteiger partial charge in [-0.3, -0.25) is 14.7 Å². The van der Waals surface area contributed by atoms with Crippen LogP contribution in [0.5, 0.6) is 11.5 Å². The minimum atomic E-state index is -0.666. The van der Waals surface area contributed by atoms with Crippen molar-refractivity contribution in [2.45, 2.75) is 6.54 Å². The number of halogens is 1. The highest BCUT2D eigenvalue weighted by atomic mass is 79.9. The van der Waals surface area contributed by atoms with E-state index in [0.29, 0.717) is 28.1 Å². The lowest BCUT2D eigenvalue weighted by atomic mass is 9.99.